The van der Waals surface area contributed by atoms with Crippen LogP contribution in [0.4, 0.5) is 0 Å². The third-order valence-electron chi connectivity index (χ3n) is 3.11. The van der Waals surface area contributed by atoms with Crippen LogP contribution >= 0.6 is 11.3 Å². The minimum atomic E-state index is -0.775. The first-order chi connectivity index (χ1) is 8.08. The van der Waals surface area contributed by atoms with Gasteiger partial charge in [0.15, 0.2) is 0 Å². The number of nitrogens with zero attached hydrogens (tertiary/aromatic N) is 1. The first kappa shape index (κ1) is 12.5. The molecule has 2 rings (SSSR count). The highest BCUT2D eigenvalue weighted by molar-refractivity contribution is 7.07. The van der Waals surface area contributed by atoms with Gasteiger partial charge in [0.25, 0.3) is 0 Å². The van der Waals surface area contributed by atoms with Crippen LogP contribution in [0.3, 0.4) is 0 Å². The van der Waals surface area contributed by atoms with Gasteiger partial charge in [-0.15, -0.1) is 0 Å². The fourth-order valence-corrected chi connectivity index (χ4v) is 2.80. The van der Waals surface area contributed by atoms with E-state index >= 15 is 0 Å². The number of carbonyl (C=O) groups is 1. The molecule has 1 N–H and O–H groups in total. The lowest BCUT2D eigenvalue weighted by molar-refractivity contribution is -0.148. The van der Waals surface area contributed by atoms with Crippen LogP contribution in [0, 0.1) is 0 Å². The smallest absolute Gasteiger partial charge is 0.320 e. The Labute approximate surface area is 105 Å². The maximum Gasteiger partial charge on any atom is 0.320 e. The van der Waals surface area contributed by atoms with Crippen molar-refractivity contribution in [1.82, 2.24) is 4.90 Å². The zero-order valence-corrected chi connectivity index (χ0v) is 10.8. The van der Waals surface area contributed by atoms with Crippen LogP contribution in [0.15, 0.2) is 16.8 Å². The molecule has 0 amide bonds. The van der Waals surface area contributed by atoms with E-state index < -0.39 is 12.0 Å². The summed E-state index contributed by atoms with van der Waals surface area (Å²) >= 11 is 1.64. The van der Waals surface area contributed by atoms with Gasteiger partial charge in [-0.2, -0.15) is 11.3 Å². The van der Waals surface area contributed by atoms with Gasteiger partial charge in [0.05, 0.1) is 12.2 Å². The molecule has 4 nitrogen and oxygen atoms in total. The third kappa shape index (κ3) is 2.86. The van der Waals surface area contributed by atoms with Gasteiger partial charge in [-0.25, -0.2) is 0 Å². The van der Waals surface area contributed by atoms with E-state index in [9.17, 15) is 4.79 Å². The average molecular weight is 255 g/mol. The molecule has 1 aromatic rings. The fourth-order valence-electron chi connectivity index (χ4n) is 2.10. The summed E-state index contributed by atoms with van der Waals surface area (Å²) in [5.41, 5.74) is 1.14. The molecule has 0 saturated carbocycles. The van der Waals surface area contributed by atoms with E-state index in [4.69, 9.17) is 9.84 Å². The topological polar surface area (TPSA) is 49.8 Å². The molecule has 1 aliphatic rings. The van der Waals surface area contributed by atoms with Crippen LogP contribution in [0.2, 0.25) is 0 Å². The molecule has 2 heterocycles. The molecular weight excluding hydrogens is 238 g/mol. The van der Waals surface area contributed by atoms with Crippen LogP contribution < -0.4 is 0 Å². The van der Waals surface area contributed by atoms with Crippen LogP contribution in [-0.2, 0) is 9.53 Å². The second kappa shape index (κ2) is 5.16. The van der Waals surface area contributed by atoms with E-state index in [1.165, 1.54) is 0 Å². The maximum absolute atomic E-state index is 11.0. The molecule has 0 aromatic carbocycles. The zero-order chi connectivity index (χ0) is 12.4. The number of carboxylic acid groups (broad SMARTS) is 1. The lowest BCUT2D eigenvalue weighted by atomic mass is 10.1. The summed E-state index contributed by atoms with van der Waals surface area (Å²) in [5.74, 6) is -0.775. The first-order valence-corrected chi connectivity index (χ1v) is 6.66. The van der Waals surface area contributed by atoms with Gasteiger partial charge < -0.3 is 9.84 Å². The highest BCUT2D eigenvalue weighted by Gasteiger charge is 2.31. The Balaban J connectivity index is 2.09. The molecule has 3 atom stereocenters. The number of rotatable bonds is 3. The summed E-state index contributed by atoms with van der Waals surface area (Å²) in [5, 5.41) is 13.1. The highest BCUT2D eigenvalue weighted by atomic mass is 32.1. The van der Waals surface area contributed by atoms with E-state index in [1.807, 2.05) is 23.3 Å². The van der Waals surface area contributed by atoms with Gasteiger partial charge in [-0.1, -0.05) is 0 Å². The number of aliphatic carboxylic acids is 1. The first-order valence-electron chi connectivity index (χ1n) is 5.72. The van der Waals surface area contributed by atoms with Crippen LogP contribution in [0.5, 0.6) is 0 Å². The largest absolute Gasteiger partial charge is 0.480 e. The average Bonchev–Trinajstić information content (AvgIpc) is 2.80. The third-order valence-corrected chi connectivity index (χ3v) is 3.81. The number of hydrogen-bond acceptors (Lipinski definition) is 4. The molecule has 0 bridgehead atoms. The molecule has 17 heavy (non-hydrogen) atoms. The molecule has 1 aliphatic heterocycles. The number of ether oxygens (including phenoxy) is 1. The summed E-state index contributed by atoms with van der Waals surface area (Å²) in [6.45, 7) is 5.04. The van der Waals surface area contributed by atoms with Crippen LogP contribution in [-0.4, -0.2) is 41.2 Å². The Morgan fingerprint density at radius 2 is 2.41 bits per heavy atom. The Morgan fingerprint density at radius 3 is 3.00 bits per heavy atom. The van der Waals surface area contributed by atoms with E-state index in [2.05, 4.69) is 5.38 Å². The summed E-state index contributed by atoms with van der Waals surface area (Å²) in [6.07, 6.45) is 0.0576. The van der Waals surface area contributed by atoms with Crippen molar-refractivity contribution in [3.8, 4) is 0 Å². The Hall–Kier alpha value is -0.910. The molecule has 5 heteroatoms. The Bertz CT molecular complexity index is 379. The minimum absolute atomic E-state index is 0.00759. The normalized spacial score (nSPS) is 27.9. The SMILES string of the molecule is C[C@@H]1CN([C@H](C)C(=O)O)C[C@H](c2ccsc2)O1. The number of thiophene rings is 1. The monoisotopic (exact) mass is 255 g/mol. The van der Waals surface area contributed by atoms with Gasteiger partial charge in [-0.05, 0) is 36.2 Å². The molecule has 0 aliphatic carbocycles. The molecule has 0 radical (unpaired) electrons. The zero-order valence-electron chi connectivity index (χ0n) is 10.00. The van der Waals surface area contributed by atoms with Crippen LogP contribution in [0.1, 0.15) is 25.5 Å². The summed E-state index contributed by atoms with van der Waals surface area (Å²) in [6, 6.07) is 1.58. The summed E-state index contributed by atoms with van der Waals surface area (Å²) in [7, 11) is 0. The second-order valence-electron chi connectivity index (χ2n) is 4.46. The van der Waals surface area contributed by atoms with Crippen molar-refractivity contribution >= 4 is 17.3 Å². The Kier molecular flexibility index (Phi) is 3.81. The molecule has 94 valence electrons. The minimum Gasteiger partial charge on any atom is -0.480 e. The van der Waals surface area contributed by atoms with Gasteiger partial charge >= 0.3 is 5.97 Å². The number of morpholine rings is 1. The quantitative estimate of drug-likeness (QED) is 0.897. The molecule has 1 aromatic heterocycles. The van der Waals surface area contributed by atoms with Crippen LogP contribution in [0.25, 0.3) is 0 Å². The summed E-state index contributed by atoms with van der Waals surface area (Å²) in [4.78, 5) is 13.0. The second-order valence-corrected chi connectivity index (χ2v) is 5.24. The molecule has 1 fully saturated rings. The van der Waals surface area contributed by atoms with E-state index in [0.717, 1.165) is 5.56 Å². The van der Waals surface area contributed by atoms with Gasteiger partial charge in [-0.3, -0.25) is 9.69 Å². The summed E-state index contributed by atoms with van der Waals surface area (Å²) < 4.78 is 5.86. The number of carboxylic acids is 1. The predicted molar refractivity (Wildman–Crippen MR) is 66.3 cm³/mol. The highest BCUT2D eigenvalue weighted by Crippen LogP contribution is 2.27. The van der Waals surface area contributed by atoms with Gasteiger partial charge in [0, 0.05) is 13.1 Å². The lowest BCUT2D eigenvalue weighted by Crippen LogP contribution is -2.49. The van der Waals surface area contributed by atoms with Crippen molar-refractivity contribution in [2.24, 2.45) is 0 Å². The van der Waals surface area contributed by atoms with Crippen molar-refractivity contribution < 1.29 is 14.6 Å². The lowest BCUT2D eigenvalue weighted by Gasteiger charge is -2.38. The number of hydrogen-bond donors (Lipinski definition) is 1. The fraction of sp³-hybridized carbons (Fsp3) is 0.583. The molecule has 0 spiro atoms. The van der Waals surface area contributed by atoms with Crippen molar-refractivity contribution in [1.29, 1.82) is 0 Å². The molecular formula is C12H17NO3S. The van der Waals surface area contributed by atoms with E-state index in [-0.39, 0.29) is 12.2 Å². The molecule has 0 unspecified atom stereocenters. The van der Waals surface area contributed by atoms with Gasteiger partial charge in [0.2, 0.25) is 0 Å². The van der Waals surface area contributed by atoms with Crippen molar-refractivity contribution in [3.05, 3.63) is 22.4 Å². The van der Waals surface area contributed by atoms with Gasteiger partial charge in [0.1, 0.15) is 6.04 Å². The Morgan fingerprint density at radius 1 is 1.65 bits per heavy atom. The van der Waals surface area contributed by atoms with E-state index in [1.54, 1.807) is 18.3 Å². The van der Waals surface area contributed by atoms with E-state index in [0.29, 0.717) is 13.1 Å². The predicted octanol–water partition coefficient (Wildman–Crippen LogP) is 1.98. The van der Waals surface area contributed by atoms with Crippen molar-refractivity contribution in [2.75, 3.05) is 13.1 Å². The van der Waals surface area contributed by atoms with Crippen molar-refractivity contribution in [2.45, 2.75) is 32.1 Å². The maximum atomic E-state index is 11.0. The van der Waals surface area contributed by atoms with Crippen molar-refractivity contribution in [3.63, 3.8) is 0 Å². The molecule has 1 saturated heterocycles. The standard InChI is InChI=1S/C12H17NO3S/c1-8-5-13(9(2)12(14)15)6-11(16-8)10-3-4-17-7-10/h3-4,7-9,11H,5-6H2,1-2H3,(H,14,15)/t8-,9-,11-/m1/s1.